The number of nitrogens with one attached hydrogen (secondary N) is 2. The average molecular weight is 476 g/mol. The summed E-state index contributed by atoms with van der Waals surface area (Å²) >= 11 is 0. The van der Waals surface area contributed by atoms with E-state index in [1.807, 2.05) is 44.2 Å². The molecule has 0 radical (unpaired) electrons. The molecule has 2 amide bonds. The molecule has 0 atom stereocenters. The number of nitrogens with zero attached hydrogens (tertiary/aromatic N) is 1. The van der Waals surface area contributed by atoms with Gasteiger partial charge in [-0.25, -0.2) is 5.43 Å². The van der Waals surface area contributed by atoms with Crippen LogP contribution in [0.2, 0.25) is 0 Å². The number of carbonyl (C=O) groups excluding carboxylic acids is 2. The third kappa shape index (κ3) is 8.19. The van der Waals surface area contributed by atoms with E-state index in [-0.39, 0.29) is 0 Å². The summed E-state index contributed by atoms with van der Waals surface area (Å²) in [6, 6.07) is 21.9. The van der Waals surface area contributed by atoms with Crippen molar-refractivity contribution in [1.82, 2.24) is 5.43 Å². The topological polar surface area (TPSA) is 98.2 Å². The fourth-order valence-electron chi connectivity index (χ4n) is 2.98. The highest BCUT2D eigenvalue weighted by Crippen LogP contribution is 2.28. The molecular formula is C27H29N3O5. The Hall–Kier alpha value is -4.33. The number of hydrazone groups is 1. The SMILES string of the molecule is CCCOc1ccc(/C=N\NC(=O)C(=O)Nc2ccc(OCc3ccccc3)cc2)cc1OCC. The lowest BCUT2D eigenvalue weighted by Crippen LogP contribution is -2.32. The maximum absolute atomic E-state index is 12.2. The number of anilines is 1. The molecular weight excluding hydrogens is 446 g/mol. The molecule has 2 N–H and O–H groups in total. The largest absolute Gasteiger partial charge is 0.490 e. The van der Waals surface area contributed by atoms with Crippen LogP contribution < -0.4 is 25.0 Å². The van der Waals surface area contributed by atoms with E-state index < -0.39 is 11.8 Å². The first kappa shape index (κ1) is 25.3. The minimum Gasteiger partial charge on any atom is -0.490 e. The zero-order valence-electron chi connectivity index (χ0n) is 19.8. The van der Waals surface area contributed by atoms with E-state index in [0.717, 1.165) is 12.0 Å². The maximum Gasteiger partial charge on any atom is 0.329 e. The first-order valence-corrected chi connectivity index (χ1v) is 11.4. The quantitative estimate of drug-likeness (QED) is 0.241. The highest BCUT2D eigenvalue weighted by atomic mass is 16.5. The van der Waals surface area contributed by atoms with Crippen molar-refractivity contribution in [3.63, 3.8) is 0 Å². The molecule has 182 valence electrons. The summed E-state index contributed by atoms with van der Waals surface area (Å²) in [4.78, 5) is 24.3. The van der Waals surface area contributed by atoms with E-state index in [4.69, 9.17) is 14.2 Å². The Bertz CT molecular complexity index is 1130. The van der Waals surface area contributed by atoms with Crippen molar-refractivity contribution >= 4 is 23.7 Å². The Kier molecular flexibility index (Phi) is 9.68. The Morgan fingerprint density at radius 2 is 1.63 bits per heavy atom. The molecule has 35 heavy (non-hydrogen) atoms. The molecule has 0 spiro atoms. The number of amides is 2. The van der Waals surface area contributed by atoms with E-state index in [1.54, 1.807) is 42.5 Å². The average Bonchev–Trinajstić information content (AvgIpc) is 2.88. The Morgan fingerprint density at radius 1 is 0.857 bits per heavy atom. The van der Waals surface area contributed by atoms with Crippen molar-refractivity contribution in [2.75, 3.05) is 18.5 Å². The molecule has 0 aromatic heterocycles. The molecule has 0 aliphatic rings. The van der Waals surface area contributed by atoms with Gasteiger partial charge in [-0.2, -0.15) is 5.10 Å². The number of benzene rings is 3. The van der Waals surface area contributed by atoms with E-state index >= 15 is 0 Å². The van der Waals surface area contributed by atoms with Gasteiger partial charge in [0.15, 0.2) is 11.5 Å². The normalized spacial score (nSPS) is 10.6. The summed E-state index contributed by atoms with van der Waals surface area (Å²) in [6.07, 6.45) is 2.31. The third-order valence-corrected chi connectivity index (χ3v) is 4.68. The van der Waals surface area contributed by atoms with E-state index in [9.17, 15) is 9.59 Å². The second-order valence-electron chi connectivity index (χ2n) is 7.44. The second-order valence-corrected chi connectivity index (χ2v) is 7.44. The van der Waals surface area contributed by atoms with Gasteiger partial charge in [0.25, 0.3) is 0 Å². The van der Waals surface area contributed by atoms with E-state index in [1.165, 1.54) is 6.21 Å². The fourth-order valence-corrected chi connectivity index (χ4v) is 2.98. The monoisotopic (exact) mass is 475 g/mol. The molecule has 0 saturated heterocycles. The zero-order chi connectivity index (χ0) is 24.9. The van der Waals surface area contributed by atoms with Crippen LogP contribution in [0.25, 0.3) is 0 Å². The van der Waals surface area contributed by atoms with Crippen LogP contribution >= 0.6 is 0 Å². The molecule has 0 fully saturated rings. The summed E-state index contributed by atoms with van der Waals surface area (Å²) < 4.78 is 17.0. The predicted molar refractivity (Wildman–Crippen MR) is 135 cm³/mol. The van der Waals surface area contributed by atoms with Crippen LogP contribution in [-0.4, -0.2) is 31.2 Å². The molecule has 3 aromatic carbocycles. The van der Waals surface area contributed by atoms with Crippen LogP contribution in [0.15, 0.2) is 77.9 Å². The van der Waals surface area contributed by atoms with E-state index in [0.29, 0.717) is 48.3 Å². The number of hydrogen-bond donors (Lipinski definition) is 2. The summed E-state index contributed by atoms with van der Waals surface area (Å²) in [5.41, 5.74) is 4.42. The number of rotatable bonds is 11. The molecule has 0 saturated carbocycles. The smallest absolute Gasteiger partial charge is 0.329 e. The van der Waals surface area contributed by atoms with Gasteiger partial charge < -0.3 is 19.5 Å². The minimum atomic E-state index is -0.890. The predicted octanol–water partition coefficient (Wildman–Crippen LogP) is 4.54. The molecule has 8 heteroatoms. The van der Waals surface area contributed by atoms with Crippen LogP contribution in [-0.2, 0) is 16.2 Å². The van der Waals surface area contributed by atoms with Gasteiger partial charge in [-0.15, -0.1) is 0 Å². The van der Waals surface area contributed by atoms with Gasteiger partial charge in [-0.05, 0) is 66.9 Å². The lowest BCUT2D eigenvalue weighted by atomic mass is 10.2. The third-order valence-electron chi connectivity index (χ3n) is 4.68. The Morgan fingerprint density at radius 3 is 2.34 bits per heavy atom. The van der Waals surface area contributed by atoms with Crippen LogP contribution in [0.4, 0.5) is 5.69 Å². The zero-order valence-corrected chi connectivity index (χ0v) is 19.8. The molecule has 8 nitrogen and oxygen atoms in total. The van der Waals surface area contributed by atoms with Gasteiger partial charge in [0.05, 0.1) is 19.4 Å². The molecule has 0 bridgehead atoms. The molecule has 0 aliphatic carbocycles. The van der Waals surface area contributed by atoms with Crippen molar-refractivity contribution in [2.45, 2.75) is 26.9 Å². The van der Waals surface area contributed by atoms with Crippen LogP contribution in [0.3, 0.4) is 0 Å². The van der Waals surface area contributed by atoms with Crippen molar-refractivity contribution < 1.29 is 23.8 Å². The van der Waals surface area contributed by atoms with Crippen LogP contribution in [0.5, 0.6) is 17.2 Å². The first-order chi connectivity index (χ1) is 17.1. The fraction of sp³-hybridized carbons (Fsp3) is 0.222. The number of hydrogen-bond acceptors (Lipinski definition) is 6. The van der Waals surface area contributed by atoms with Crippen molar-refractivity contribution in [2.24, 2.45) is 5.10 Å². The summed E-state index contributed by atoms with van der Waals surface area (Å²) in [6.45, 7) is 5.42. The van der Waals surface area contributed by atoms with Crippen molar-refractivity contribution in [1.29, 1.82) is 0 Å². The lowest BCUT2D eigenvalue weighted by molar-refractivity contribution is -0.136. The van der Waals surface area contributed by atoms with E-state index in [2.05, 4.69) is 15.8 Å². The Labute approximate surface area is 204 Å². The standard InChI is InChI=1S/C27H29N3O5/c1-3-16-34-24-15-10-21(17-25(24)33-4-2)18-28-30-27(32)26(31)29-22-11-13-23(14-12-22)35-19-20-8-6-5-7-9-20/h5-15,17-18H,3-4,16,19H2,1-2H3,(H,29,31)(H,30,32)/b28-18-. The van der Waals surface area contributed by atoms with Gasteiger partial charge in [0.2, 0.25) is 0 Å². The first-order valence-electron chi connectivity index (χ1n) is 11.4. The lowest BCUT2D eigenvalue weighted by Gasteiger charge is -2.11. The molecule has 0 unspecified atom stereocenters. The molecule has 3 rings (SSSR count). The Balaban J connectivity index is 1.49. The van der Waals surface area contributed by atoms with Gasteiger partial charge in [-0.1, -0.05) is 37.3 Å². The minimum absolute atomic E-state index is 0.438. The van der Waals surface area contributed by atoms with Gasteiger partial charge in [-0.3, -0.25) is 9.59 Å². The molecule has 3 aromatic rings. The molecule has 0 heterocycles. The summed E-state index contributed by atoms with van der Waals surface area (Å²) in [5, 5.41) is 6.39. The highest BCUT2D eigenvalue weighted by Gasteiger charge is 2.13. The van der Waals surface area contributed by atoms with Gasteiger partial charge in [0.1, 0.15) is 12.4 Å². The summed E-state index contributed by atoms with van der Waals surface area (Å²) in [7, 11) is 0. The molecule has 0 aliphatic heterocycles. The van der Waals surface area contributed by atoms with Crippen molar-refractivity contribution in [3.8, 4) is 17.2 Å². The van der Waals surface area contributed by atoms with Gasteiger partial charge >= 0.3 is 11.8 Å². The summed E-state index contributed by atoms with van der Waals surface area (Å²) in [5.74, 6) is 0.159. The van der Waals surface area contributed by atoms with Crippen LogP contribution in [0, 0.1) is 0 Å². The maximum atomic E-state index is 12.2. The van der Waals surface area contributed by atoms with Crippen molar-refractivity contribution in [3.05, 3.63) is 83.9 Å². The number of carbonyl (C=O) groups is 2. The highest BCUT2D eigenvalue weighted by molar-refractivity contribution is 6.39. The second kappa shape index (κ2) is 13.4. The number of ether oxygens (including phenoxy) is 3. The van der Waals surface area contributed by atoms with Gasteiger partial charge in [0, 0.05) is 5.69 Å². The van der Waals surface area contributed by atoms with Crippen LogP contribution in [0.1, 0.15) is 31.4 Å².